The molecule has 2 aliphatic heterocycles. The van der Waals surface area contributed by atoms with Crippen LogP contribution in [0.15, 0.2) is 48.5 Å². The number of benzene rings is 2. The van der Waals surface area contributed by atoms with E-state index in [2.05, 4.69) is 5.32 Å². The molecule has 4 rings (SSSR count). The van der Waals surface area contributed by atoms with Gasteiger partial charge in [-0.3, -0.25) is 14.4 Å². The van der Waals surface area contributed by atoms with Crippen LogP contribution in [0, 0.1) is 0 Å². The van der Waals surface area contributed by atoms with Crippen molar-refractivity contribution in [3.63, 3.8) is 0 Å². The summed E-state index contributed by atoms with van der Waals surface area (Å²) in [5, 5.41) is 2.92. The number of hydrogen-bond donors (Lipinski definition) is 1. The first kappa shape index (κ1) is 23.0. The molecule has 33 heavy (non-hydrogen) atoms. The monoisotopic (exact) mass is 449 g/mol. The van der Waals surface area contributed by atoms with E-state index < -0.39 is 6.04 Å². The Bertz CT molecular complexity index is 1040. The van der Waals surface area contributed by atoms with E-state index in [-0.39, 0.29) is 23.8 Å². The summed E-state index contributed by atoms with van der Waals surface area (Å²) in [4.78, 5) is 42.5. The zero-order chi connectivity index (χ0) is 23.4. The van der Waals surface area contributed by atoms with Crippen molar-refractivity contribution in [2.24, 2.45) is 0 Å². The Balaban J connectivity index is 1.50. The molecule has 1 fully saturated rings. The van der Waals surface area contributed by atoms with Crippen molar-refractivity contribution in [3.05, 3.63) is 65.2 Å². The summed E-state index contributed by atoms with van der Waals surface area (Å²) >= 11 is 0. The van der Waals surface area contributed by atoms with E-state index in [4.69, 9.17) is 4.74 Å². The summed E-state index contributed by atoms with van der Waals surface area (Å²) in [6.45, 7) is 6.01. The van der Waals surface area contributed by atoms with Crippen molar-refractivity contribution >= 4 is 23.4 Å². The van der Waals surface area contributed by atoms with Crippen LogP contribution in [0.5, 0.6) is 0 Å². The Morgan fingerprint density at radius 1 is 1.15 bits per heavy atom. The molecule has 0 saturated carbocycles. The number of rotatable bonds is 8. The Hall–Kier alpha value is -3.19. The minimum absolute atomic E-state index is 0.0641. The van der Waals surface area contributed by atoms with Gasteiger partial charge < -0.3 is 19.9 Å². The van der Waals surface area contributed by atoms with Crippen LogP contribution < -0.4 is 10.2 Å². The zero-order valence-corrected chi connectivity index (χ0v) is 19.3. The van der Waals surface area contributed by atoms with Gasteiger partial charge in [-0.25, -0.2) is 0 Å². The van der Waals surface area contributed by atoms with Crippen molar-refractivity contribution in [1.82, 2.24) is 10.2 Å². The van der Waals surface area contributed by atoms with Gasteiger partial charge in [-0.05, 0) is 62.9 Å². The summed E-state index contributed by atoms with van der Waals surface area (Å²) in [7, 11) is 0. The molecule has 7 heteroatoms. The standard InChI is InChI=1S/C26H31N3O4/c1-18(2)33-15-7-13-27-24(30)20-9-5-8-19(16-20)17-29-22-11-4-3-10-21(22)25(31)28-14-6-12-23(28)26(29)32/h3-5,8-11,16,18,23H,6-7,12-15,17H2,1-2H3,(H,27,30)/t23-/m0/s1. The average Bonchev–Trinajstić information content (AvgIpc) is 3.29. The third kappa shape index (κ3) is 5.09. The molecule has 1 N–H and O–H groups in total. The first-order chi connectivity index (χ1) is 16.0. The SMILES string of the molecule is CC(C)OCCCNC(=O)c1cccc(CN2C(=O)[C@@H]3CCCN3C(=O)c3ccccc32)c1. The van der Waals surface area contributed by atoms with Crippen LogP contribution in [0.4, 0.5) is 5.69 Å². The van der Waals surface area contributed by atoms with Gasteiger partial charge in [0.2, 0.25) is 5.91 Å². The molecule has 0 aliphatic carbocycles. The van der Waals surface area contributed by atoms with Crippen molar-refractivity contribution in [1.29, 1.82) is 0 Å². The minimum atomic E-state index is -0.426. The molecule has 0 bridgehead atoms. The van der Waals surface area contributed by atoms with Crippen LogP contribution in [-0.4, -0.2) is 54.5 Å². The largest absolute Gasteiger partial charge is 0.379 e. The van der Waals surface area contributed by atoms with Crippen molar-refractivity contribution < 1.29 is 19.1 Å². The molecule has 1 saturated heterocycles. The number of carbonyl (C=O) groups excluding carboxylic acids is 3. The zero-order valence-electron chi connectivity index (χ0n) is 19.3. The van der Waals surface area contributed by atoms with Crippen LogP contribution in [0.2, 0.25) is 0 Å². The molecule has 3 amide bonds. The maximum atomic E-state index is 13.5. The number of ether oxygens (including phenoxy) is 1. The van der Waals surface area contributed by atoms with E-state index in [0.29, 0.717) is 49.5 Å². The molecule has 2 aromatic rings. The lowest BCUT2D eigenvalue weighted by atomic mass is 10.1. The molecule has 0 unspecified atom stereocenters. The maximum absolute atomic E-state index is 13.5. The number of nitrogens with zero attached hydrogens (tertiary/aromatic N) is 2. The van der Waals surface area contributed by atoms with Crippen molar-refractivity contribution in [3.8, 4) is 0 Å². The molecule has 174 valence electrons. The molecular formula is C26H31N3O4. The molecule has 1 atom stereocenters. The summed E-state index contributed by atoms with van der Waals surface area (Å²) in [5.74, 6) is -0.300. The maximum Gasteiger partial charge on any atom is 0.256 e. The van der Waals surface area contributed by atoms with Gasteiger partial charge in [0.15, 0.2) is 0 Å². The summed E-state index contributed by atoms with van der Waals surface area (Å²) in [6, 6.07) is 14.2. The lowest BCUT2D eigenvalue weighted by Crippen LogP contribution is -2.44. The van der Waals surface area contributed by atoms with Gasteiger partial charge >= 0.3 is 0 Å². The fourth-order valence-corrected chi connectivity index (χ4v) is 4.46. The van der Waals surface area contributed by atoms with Crippen LogP contribution >= 0.6 is 0 Å². The third-order valence-electron chi connectivity index (χ3n) is 6.08. The van der Waals surface area contributed by atoms with Crippen LogP contribution in [0.1, 0.15) is 59.4 Å². The molecule has 2 aromatic carbocycles. The minimum Gasteiger partial charge on any atom is -0.379 e. The molecule has 7 nitrogen and oxygen atoms in total. The van der Waals surface area contributed by atoms with E-state index in [9.17, 15) is 14.4 Å². The van der Waals surface area contributed by atoms with Gasteiger partial charge in [0, 0.05) is 25.3 Å². The summed E-state index contributed by atoms with van der Waals surface area (Å²) in [5.41, 5.74) is 2.56. The number of anilines is 1. The highest BCUT2D eigenvalue weighted by atomic mass is 16.5. The fraction of sp³-hybridized carbons (Fsp3) is 0.423. The first-order valence-corrected chi connectivity index (χ1v) is 11.7. The van der Waals surface area contributed by atoms with Gasteiger partial charge in [-0.2, -0.15) is 0 Å². The quantitative estimate of drug-likeness (QED) is 0.627. The fourth-order valence-electron chi connectivity index (χ4n) is 4.46. The highest BCUT2D eigenvalue weighted by Crippen LogP contribution is 2.33. The van der Waals surface area contributed by atoms with Gasteiger partial charge in [0.05, 0.1) is 23.9 Å². The molecule has 2 aliphatic rings. The number of carbonyl (C=O) groups is 3. The Morgan fingerprint density at radius 3 is 2.79 bits per heavy atom. The van der Waals surface area contributed by atoms with Crippen molar-refractivity contribution in [2.75, 3.05) is 24.6 Å². The second kappa shape index (κ2) is 10.2. The van der Waals surface area contributed by atoms with E-state index in [1.165, 1.54) is 0 Å². The van der Waals surface area contributed by atoms with E-state index in [1.54, 1.807) is 21.9 Å². The van der Waals surface area contributed by atoms with Gasteiger partial charge in [-0.15, -0.1) is 0 Å². The second-order valence-corrected chi connectivity index (χ2v) is 8.83. The van der Waals surface area contributed by atoms with Crippen LogP contribution in [0.25, 0.3) is 0 Å². The number of fused-ring (bicyclic) bond motifs is 2. The lowest BCUT2D eigenvalue weighted by Gasteiger charge is -2.26. The lowest BCUT2D eigenvalue weighted by molar-refractivity contribution is -0.122. The van der Waals surface area contributed by atoms with Gasteiger partial charge in [0.25, 0.3) is 11.8 Å². The Labute approximate surface area is 194 Å². The number of amides is 3. The summed E-state index contributed by atoms with van der Waals surface area (Å²) < 4.78 is 5.50. The highest BCUT2D eigenvalue weighted by Gasteiger charge is 2.41. The average molecular weight is 450 g/mol. The topological polar surface area (TPSA) is 79.0 Å². The highest BCUT2D eigenvalue weighted by molar-refractivity contribution is 6.11. The van der Waals surface area contributed by atoms with Crippen LogP contribution in [0.3, 0.4) is 0 Å². The molecule has 0 radical (unpaired) electrons. The van der Waals surface area contributed by atoms with E-state index in [1.807, 2.05) is 50.2 Å². The van der Waals surface area contributed by atoms with Gasteiger partial charge in [0.1, 0.15) is 6.04 Å². The molecule has 2 heterocycles. The van der Waals surface area contributed by atoms with E-state index in [0.717, 1.165) is 18.4 Å². The van der Waals surface area contributed by atoms with Crippen molar-refractivity contribution in [2.45, 2.75) is 51.8 Å². The Kier molecular flexibility index (Phi) is 7.08. The summed E-state index contributed by atoms with van der Waals surface area (Å²) in [6.07, 6.45) is 2.43. The smallest absolute Gasteiger partial charge is 0.256 e. The number of hydrogen-bond acceptors (Lipinski definition) is 4. The Morgan fingerprint density at radius 2 is 1.97 bits per heavy atom. The third-order valence-corrected chi connectivity index (χ3v) is 6.08. The normalized spacial score (nSPS) is 17.7. The van der Waals surface area contributed by atoms with Crippen LogP contribution in [-0.2, 0) is 16.1 Å². The number of nitrogens with one attached hydrogen (secondary N) is 1. The second-order valence-electron chi connectivity index (χ2n) is 8.83. The molecule has 0 aromatic heterocycles. The number of para-hydroxylation sites is 1. The van der Waals surface area contributed by atoms with E-state index >= 15 is 0 Å². The predicted octanol–water partition coefficient (Wildman–Crippen LogP) is 3.38. The predicted molar refractivity (Wildman–Crippen MR) is 126 cm³/mol. The molecule has 0 spiro atoms. The van der Waals surface area contributed by atoms with Gasteiger partial charge in [-0.1, -0.05) is 24.3 Å². The first-order valence-electron chi connectivity index (χ1n) is 11.7. The molecular weight excluding hydrogens is 418 g/mol.